The second kappa shape index (κ2) is 4.63. The Morgan fingerprint density at radius 2 is 1.93 bits per heavy atom. The first-order valence-corrected chi connectivity index (χ1v) is 4.54. The Morgan fingerprint density at radius 3 is 2.40 bits per heavy atom. The minimum absolute atomic E-state index is 0.129. The second-order valence-electron chi connectivity index (χ2n) is 3.16. The van der Waals surface area contributed by atoms with Crippen molar-refractivity contribution in [2.75, 3.05) is 13.6 Å². The first-order valence-electron chi connectivity index (χ1n) is 4.54. The van der Waals surface area contributed by atoms with Gasteiger partial charge in [0.15, 0.2) is 0 Å². The van der Waals surface area contributed by atoms with E-state index in [0.717, 1.165) is 6.07 Å². The van der Waals surface area contributed by atoms with Crippen LogP contribution in [0, 0.1) is 0 Å². The van der Waals surface area contributed by atoms with Crippen molar-refractivity contribution >= 4 is 0 Å². The maximum absolute atomic E-state index is 12.6. The number of alkyl halides is 3. The van der Waals surface area contributed by atoms with Gasteiger partial charge in [0, 0.05) is 12.6 Å². The second-order valence-corrected chi connectivity index (χ2v) is 3.16. The molecule has 0 aromatic heterocycles. The van der Waals surface area contributed by atoms with Crippen LogP contribution in [0.4, 0.5) is 13.2 Å². The van der Waals surface area contributed by atoms with Crippen molar-refractivity contribution in [1.29, 1.82) is 0 Å². The van der Waals surface area contributed by atoms with E-state index < -0.39 is 17.8 Å². The van der Waals surface area contributed by atoms with Crippen molar-refractivity contribution in [1.82, 2.24) is 5.32 Å². The molecule has 1 rings (SSSR count). The van der Waals surface area contributed by atoms with Crippen LogP contribution in [-0.2, 0) is 6.18 Å². The highest BCUT2D eigenvalue weighted by molar-refractivity contribution is 5.32. The molecule has 84 valence electrons. The predicted molar refractivity (Wildman–Crippen MR) is 52.3 cm³/mol. The van der Waals surface area contributed by atoms with Crippen molar-refractivity contribution in [2.24, 2.45) is 5.73 Å². The van der Waals surface area contributed by atoms with E-state index in [0.29, 0.717) is 0 Å². The van der Waals surface area contributed by atoms with Crippen LogP contribution in [0.5, 0.6) is 0 Å². The lowest BCUT2D eigenvalue weighted by Gasteiger charge is -2.19. The maximum Gasteiger partial charge on any atom is 0.416 e. The third-order valence-electron chi connectivity index (χ3n) is 2.23. The largest absolute Gasteiger partial charge is 0.416 e. The van der Waals surface area contributed by atoms with Crippen LogP contribution in [0.1, 0.15) is 17.2 Å². The number of likely N-dealkylation sites (N-methyl/N-ethyl adjacent to an activating group) is 1. The Kier molecular flexibility index (Phi) is 3.71. The first-order chi connectivity index (χ1) is 7.00. The molecule has 0 amide bonds. The average Bonchev–Trinajstić information content (AvgIpc) is 2.19. The van der Waals surface area contributed by atoms with Gasteiger partial charge in [0.2, 0.25) is 0 Å². The van der Waals surface area contributed by atoms with E-state index in [1.165, 1.54) is 12.1 Å². The van der Waals surface area contributed by atoms with E-state index in [1.807, 2.05) is 0 Å². The molecule has 3 N–H and O–H groups in total. The molecule has 0 fully saturated rings. The molecule has 1 aromatic carbocycles. The SMILES string of the molecule is CNC(CN)c1ccccc1C(F)(F)F. The summed E-state index contributed by atoms with van der Waals surface area (Å²) in [5, 5.41) is 2.76. The monoisotopic (exact) mass is 218 g/mol. The molecule has 1 unspecified atom stereocenters. The topological polar surface area (TPSA) is 38.0 Å². The number of hydrogen-bond acceptors (Lipinski definition) is 2. The summed E-state index contributed by atoms with van der Waals surface area (Å²) in [4.78, 5) is 0. The van der Waals surface area contributed by atoms with Gasteiger partial charge in [-0.05, 0) is 18.7 Å². The van der Waals surface area contributed by atoms with Gasteiger partial charge in [0.05, 0.1) is 5.56 Å². The van der Waals surface area contributed by atoms with Crippen LogP contribution in [0.3, 0.4) is 0 Å². The average molecular weight is 218 g/mol. The van der Waals surface area contributed by atoms with Gasteiger partial charge in [-0.1, -0.05) is 18.2 Å². The smallest absolute Gasteiger partial charge is 0.329 e. The molecule has 0 heterocycles. The van der Waals surface area contributed by atoms with Crippen LogP contribution in [0.2, 0.25) is 0 Å². The Balaban J connectivity index is 3.17. The highest BCUT2D eigenvalue weighted by atomic mass is 19.4. The van der Waals surface area contributed by atoms with Gasteiger partial charge in [0.25, 0.3) is 0 Å². The first kappa shape index (κ1) is 12.0. The molecule has 1 atom stereocenters. The van der Waals surface area contributed by atoms with Gasteiger partial charge in [-0.25, -0.2) is 0 Å². The van der Waals surface area contributed by atoms with E-state index in [9.17, 15) is 13.2 Å². The summed E-state index contributed by atoms with van der Waals surface area (Å²) < 4.78 is 37.8. The highest BCUT2D eigenvalue weighted by Gasteiger charge is 2.34. The molecule has 0 spiro atoms. The van der Waals surface area contributed by atoms with Gasteiger partial charge in [-0.3, -0.25) is 0 Å². The molecule has 0 saturated heterocycles. The third kappa shape index (κ3) is 2.70. The Bertz CT molecular complexity index is 319. The fraction of sp³-hybridized carbons (Fsp3) is 0.400. The number of rotatable bonds is 3. The molecule has 1 aromatic rings. The molecule has 15 heavy (non-hydrogen) atoms. The number of benzene rings is 1. The fourth-order valence-electron chi connectivity index (χ4n) is 1.46. The zero-order chi connectivity index (χ0) is 11.5. The summed E-state index contributed by atoms with van der Waals surface area (Å²) in [6, 6.07) is 4.98. The zero-order valence-electron chi connectivity index (χ0n) is 8.31. The molecule has 0 radical (unpaired) electrons. The minimum Gasteiger partial charge on any atom is -0.329 e. The lowest BCUT2D eigenvalue weighted by atomic mass is 10.00. The minimum atomic E-state index is -4.33. The van der Waals surface area contributed by atoms with Gasteiger partial charge >= 0.3 is 6.18 Å². The lowest BCUT2D eigenvalue weighted by Crippen LogP contribution is -2.27. The van der Waals surface area contributed by atoms with Gasteiger partial charge in [-0.2, -0.15) is 13.2 Å². The normalized spacial score (nSPS) is 13.9. The zero-order valence-corrected chi connectivity index (χ0v) is 8.31. The number of nitrogens with two attached hydrogens (primary N) is 1. The van der Waals surface area contributed by atoms with Crippen LogP contribution < -0.4 is 11.1 Å². The summed E-state index contributed by atoms with van der Waals surface area (Å²) in [6.45, 7) is 0.129. The van der Waals surface area contributed by atoms with Crippen molar-refractivity contribution < 1.29 is 13.2 Å². The molecule has 0 bridgehead atoms. The van der Waals surface area contributed by atoms with Crippen molar-refractivity contribution in [3.8, 4) is 0 Å². The third-order valence-corrected chi connectivity index (χ3v) is 2.23. The molecular formula is C10H13F3N2. The maximum atomic E-state index is 12.6. The van der Waals surface area contributed by atoms with E-state index >= 15 is 0 Å². The number of hydrogen-bond donors (Lipinski definition) is 2. The standard InChI is InChI=1S/C10H13F3N2/c1-15-9(6-14)7-4-2-3-5-8(7)10(11,12)13/h2-5,9,15H,6,14H2,1H3. The van der Waals surface area contributed by atoms with Crippen LogP contribution in [0.25, 0.3) is 0 Å². The van der Waals surface area contributed by atoms with Gasteiger partial charge in [-0.15, -0.1) is 0 Å². The van der Waals surface area contributed by atoms with Crippen LogP contribution in [-0.4, -0.2) is 13.6 Å². The summed E-state index contributed by atoms with van der Waals surface area (Å²) >= 11 is 0. The van der Waals surface area contributed by atoms with E-state index in [2.05, 4.69) is 5.32 Å². The predicted octanol–water partition coefficient (Wildman–Crippen LogP) is 1.92. The van der Waals surface area contributed by atoms with Crippen molar-refractivity contribution in [2.45, 2.75) is 12.2 Å². The quantitative estimate of drug-likeness (QED) is 0.813. The molecule has 0 saturated carbocycles. The van der Waals surface area contributed by atoms with E-state index in [4.69, 9.17) is 5.73 Å². The van der Waals surface area contributed by atoms with Crippen LogP contribution in [0.15, 0.2) is 24.3 Å². The number of nitrogens with one attached hydrogen (secondary N) is 1. The Morgan fingerprint density at radius 1 is 1.33 bits per heavy atom. The molecule has 5 heteroatoms. The summed E-state index contributed by atoms with van der Waals surface area (Å²) in [6.07, 6.45) is -4.33. The Labute approximate surface area is 86.3 Å². The molecule has 0 aliphatic carbocycles. The lowest BCUT2D eigenvalue weighted by molar-refractivity contribution is -0.138. The van der Waals surface area contributed by atoms with Crippen LogP contribution >= 0.6 is 0 Å². The highest BCUT2D eigenvalue weighted by Crippen LogP contribution is 2.34. The Hall–Kier alpha value is -1.07. The summed E-state index contributed by atoms with van der Waals surface area (Å²) in [5.41, 5.74) is 4.96. The molecule has 2 nitrogen and oxygen atoms in total. The van der Waals surface area contributed by atoms with E-state index in [-0.39, 0.29) is 12.1 Å². The summed E-state index contributed by atoms with van der Waals surface area (Å²) in [7, 11) is 1.59. The van der Waals surface area contributed by atoms with Gasteiger partial charge in [0.1, 0.15) is 0 Å². The molecule has 0 aliphatic heterocycles. The molecular weight excluding hydrogens is 205 g/mol. The number of halogens is 3. The fourth-order valence-corrected chi connectivity index (χ4v) is 1.46. The van der Waals surface area contributed by atoms with Crippen molar-refractivity contribution in [3.05, 3.63) is 35.4 Å². The van der Waals surface area contributed by atoms with Crippen molar-refractivity contribution in [3.63, 3.8) is 0 Å². The van der Waals surface area contributed by atoms with E-state index in [1.54, 1.807) is 13.1 Å². The van der Waals surface area contributed by atoms with Gasteiger partial charge < -0.3 is 11.1 Å². The summed E-state index contributed by atoms with van der Waals surface area (Å²) in [5.74, 6) is 0. The molecule has 0 aliphatic rings.